The molecule has 1 aromatic heterocycles. The summed E-state index contributed by atoms with van der Waals surface area (Å²) in [5.74, 6) is 0.317. The average Bonchev–Trinajstić information content (AvgIpc) is 2.92. The molecule has 22 heavy (non-hydrogen) atoms. The number of aromatic amines is 1. The molecule has 3 atom stereocenters. The SMILES string of the molecule is CCC(C)C1(O)CCCN2CCc3c([nH]c4ccccc34)C21. The maximum Gasteiger partial charge on any atom is 0.0884 e. The van der Waals surface area contributed by atoms with Crippen LogP contribution in [0.2, 0.25) is 0 Å². The lowest BCUT2D eigenvalue weighted by molar-refractivity contribution is -0.122. The van der Waals surface area contributed by atoms with Crippen molar-refractivity contribution in [1.29, 1.82) is 0 Å². The molecule has 0 radical (unpaired) electrons. The summed E-state index contributed by atoms with van der Waals surface area (Å²) in [6, 6.07) is 8.70. The van der Waals surface area contributed by atoms with Gasteiger partial charge in [0, 0.05) is 23.1 Å². The molecule has 1 fully saturated rings. The first-order valence-corrected chi connectivity index (χ1v) is 8.71. The fourth-order valence-electron chi connectivity index (χ4n) is 4.67. The van der Waals surface area contributed by atoms with Crippen LogP contribution >= 0.6 is 0 Å². The van der Waals surface area contributed by atoms with Gasteiger partial charge in [-0.25, -0.2) is 0 Å². The fourth-order valence-corrected chi connectivity index (χ4v) is 4.67. The Bertz CT molecular complexity index is 692. The van der Waals surface area contributed by atoms with Crippen molar-refractivity contribution in [3.8, 4) is 0 Å². The number of piperidine rings is 1. The number of hydrogen-bond acceptors (Lipinski definition) is 2. The van der Waals surface area contributed by atoms with Gasteiger partial charge in [-0.2, -0.15) is 0 Å². The van der Waals surface area contributed by atoms with E-state index in [-0.39, 0.29) is 6.04 Å². The van der Waals surface area contributed by atoms with Crippen molar-refractivity contribution in [1.82, 2.24) is 9.88 Å². The van der Waals surface area contributed by atoms with Crippen LogP contribution in [0.1, 0.15) is 50.4 Å². The molecule has 2 aliphatic heterocycles. The topological polar surface area (TPSA) is 39.3 Å². The van der Waals surface area contributed by atoms with Crippen molar-refractivity contribution in [2.24, 2.45) is 5.92 Å². The minimum atomic E-state index is -0.608. The summed E-state index contributed by atoms with van der Waals surface area (Å²) in [6.45, 7) is 6.58. The number of aliphatic hydroxyl groups is 1. The second kappa shape index (κ2) is 5.10. The predicted molar refractivity (Wildman–Crippen MR) is 90.0 cm³/mol. The van der Waals surface area contributed by atoms with Gasteiger partial charge in [0.25, 0.3) is 0 Å². The molecule has 3 heteroatoms. The van der Waals surface area contributed by atoms with Gasteiger partial charge in [-0.1, -0.05) is 38.5 Å². The highest BCUT2D eigenvalue weighted by Gasteiger charge is 2.49. The molecule has 3 nitrogen and oxygen atoms in total. The van der Waals surface area contributed by atoms with Gasteiger partial charge >= 0.3 is 0 Å². The minimum Gasteiger partial charge on any atom is -0.388 e. The summed E-state index contributed by atoms with van der Waals surface area (Å²) in [5.41, 5.74) is 3.31. The van der Waals surface area contributed by atoms with Crippen LogP contribution in [0.15, 0.2) is 24.3 Å². The molecule has 2 N–H and O–H groups in total. The Kier molecular flexibility index (Phi) is 3.31. The highest BCUT2D eigenvalue weighted by atomic mass is 16.3. The average molecular weight is 298 g/mol. The minimum absolute atomic E-state index is 0.132. The number of H-pyrrole nitrogens is 1. The Morgan fingerprint density at radius 3 is 3.00 bits per heavy atom. The van der Waals surface area contributed by atoms with Gasteiger partial charge in [0.2, 0.25) is 0 Å². The van der Waals surface area contributed by atoms with E-state index in [1.807, 2.05) is 0 Å². The van der Waals surface area contributed by atoms with Crippen molar-refractivity contribution in [3.05, 3.63) is 35.5 Å². The first-order valence-electron chi connectivity index (χ1n) is 8.71. The maximum atomic E-state index is 11.5. The lowest BCUT2D eigenvalue weighted by Gasteiger charge is -2.51. The van der Waals surface area contributed by atoms with Crippen LogP contribution in [0.4, 0.5) is 0 Å². The predicted octanol–water partition coefficient (Wildman–Crippen LogP) is 3.64. The second-order valence-electron chi connectivity index (χ2n) is 7.16. The van der Waals surface area contributed by atoms with E-state index in [9.17, 15) is 5.11 Å². The molecule has 2 aromatic rings. The van der Waals surface area contributed by atoms with E-state index in [2.05, 4.69) is 48.0 Å². The number of aromatic nitrogens is 1. The van der Waals surface area contributed by atoms with Gasteiger partial charge in [0.15, 0.2) is 0 Å². The van der Waals surface area contributed by atoms with Crippen LogP contribution in [-0.4, -0.2) is 33.7 Å². The highest BCUT2D eigenvalue weighted by Crippen LogP contribution is 2.48. The molecule has 0 saturated carbocycles. The molecule has 1 aromatic carbocycles. The molecule has 118 valence electrons. The van der Waals surface area contributed by atoms with Crippen molar-refractivity contribution < 1.29 is 5.11 Å². The third kappa shape index (κ3) is 1.88. The molecule has 0 aliphatic carbocycles. The van der Waals surface area contributed by atoms with E-state index in [0.29, 0.717) is 5.92 Å². The van der Waals surface area contributed by atoms with Crippen LogP contribution in [-0.2, 0) is 6.42 Å². The van der Waals surface area contributed by atoms with Crippen molar-refractivity contribution in [2.45, 2.75) is 51.2 Å². The third-order valence-electron chi connectivity index (χ3n) is 6.10. The molecule has 1 saturated heterocycles. The maximum absolute atomic E-state index is 11.5. The molecule has 3 unspecified atom stereocenters. The Balaban J connectivity index is 1.88. The van der Waals surface area contributed by atoms with E-state index in [0.717, 1.165) is 38.8 Å². The van der Waals surface area contributed by atoms with Crippen LogP contribution in [0.3, 0.4) is 0 Å². The largest absolute Gasteiger partial charge is 0.388 e. The summed E-state index contributed by atoms with van der Waals surface area (Å²) in [4.78, 5) is 6.16. The Labute approximate surface area is 132 Å². The van der Waals surface area contributed by atoms with Crippen LogP contribution in [0, 0.1) is 5.92 Å². The van der Waals surface area contributed by atoms with Gasteiger partial charge < -0.3 is 10.1 Å². The summed E-state index contributed by atoms with van der Waals surface area (Å²) in [5, 5.41) is 12.9. The number of hydrogen-bond donors (Lipinski definition) is 2. The third-order valence-corrected chi connectivity index (χ3v) is 6.10. The summed E-state index contributed by atoms with van der Waals surface area (Å²) < 4.78 is 0. The van der Waals surface area contributed by atoms with E-state index in [1.165, 1.54) is 22.2 Å². The summed E-state index contributed by atoms with van der Waals surface area (Å²) >= 11 is 0. The molecule has 0 bridgehead atoms. The highest BCUT2D eigenvalue weighted by molar-refractivity contribution is 5.85. The number of nitrogens with one attached hydrogen (secondary N) is 1. The number of para-hydroxylation sites is 1. The smallest absolute Gasteiger partial charge is 0.0884 e. The quantitative estimate of drug-likeness (QED) is 0.888. The molecular weight excluding hydrogens is 272 g/mol. The summed E-state index contributed by atoms with van der Waals surface area (Å²) in [7, 11) is 0. The molecule has 0 amide bonds. The lowest BCUT2D eigenvalue weighted by atomic mass is 9.71. The zero-order valence-corrected chi connectivity index (χ0v) is 13.6. The van der Waals surface area contributed by atoms with Gasteiger partial charge in [-0.05, 0) is 43.4 Å². The van der Waals surface area contributed by atoms with Crippen LogP contribution in [0.25, 0.3) is 10.9 Å². The molecule has 0 spiro atoms. The van der Waals surface area contributed by atoms with E-state index in [1.54, 1.807) is 0 Å². The zero-order chi connectivity index (χ0) is 15.3. The number of fused-ring (bicyclic) bond motifs is 5. The molecule has 2 aliphatic rings. The molecule has 4 rings (SSSR count). The molecular formula is C19H26N2O. The first-order chi connectivity index (χ1) is 10.6. The Morgan fingerprint density at radius 1 is 1.36 bits per heavy atom. The van der Waals surface area contributed by atoms with Crippen molar-refractivity contribution in [3.63, 3.8) is 0 Å². The summed E-state index contributed by atoms with van der Waals surface area (Å²) in [6.07, 6.45) is 4.13. The van der Waals surface area contributed by atoms with Gasteiger partial charge in [-0.15, -0.1) is 0 Å². The van der Waals surface area contributed by atoms with E-state index < -0.39 is 5.60 Å². The fraction of sp³-hybridized carbons (Fsp3) is 0.579. The van der Waals surface area contributed by atoms with Gasteiger partial charge in [0.05, 0.1) is 11.6 Å². The Hall–Kier alpha value is -1.32. The van der Waals surface area contributed by atoms with Gasteiger partial charge in [-0.3, -0.25) is 4.90 Å². The second-order valence-corrected chi connectivity index (χ2v) is 7.16. The normalized spacial score (nSPS) is 30.0. The van der Waals surface area contributed by atoms with Gasteiger partial charge in [0.1, 0.15) is 0 Å². The monoisotopic (exact) mass is 298 g/mol. The lowest BCUT2D eigenvalue weighted by Crippen LogP contribution is -2.56. The van der Waals surface area contributed by atoms with Crippen molar-refractivity contribution >= 4 is 10.9 Å². The molecule has 3 heterocycles. The standard InChI is InChI=1S/C19H26N2O/c1-3-13(2)19(22)10-6-11-21-12-9-15-14-7-4-5-8-16(14)20-17(15)18(19)21/h4-5,7-8,13,18,20,22H,3,6,9-12H2,1-2H3. The van der Waals surface area contributed by atoms with Crippen molar-refractivity contribution in [2.75, 3.05) is 13.1 Å². The zero-order valence-electron chi connectivity index (χ0n) is 13.6. The first kappa shape index (κ1) is 14.3. The Morgan fingerprint density at radius 2 is 2.18 bits per heavy atom. The number of nitrogens with zero attached hydrogens (tertiary/aromatic N) is 1. The number of benzene rings is 1. The van der Waals surface area contributed by atoms with Crippen LogP contribution < -0.4 is 0 Å². The van der Waals surface area contributed by atoms with Crippen LogP contribution in [0.5, 0.6) is 0 Å². The number of rotatable bonds is 2. The van der Waals surface area contributed by atoms with E-state index >= 15 is 0 Å². The van der Waals surface area contributed by atoms with E-state index in [4.69, 9.17) is 0 Å².